The number of rotatable bonds is 2. The first-order valence-electron chi connectivity index (χ1n) is 3.28. The third kappa shape index (κ3) is 1.93. The van der Waals surface area contributed by atoms with E-state index in [9.17, 15) is 4.79 Å². The molecule has 0 aromatic carbocycles. The summed E-state index contributed by atoms with van der Waals surface area (Å²) < 4.78 is 0. The molecular formula is C7H8N2O3. The van der Waals surface area contributed by atoms with Crippen molar-refractivity contribution in [3.8, 4) is 5.75 Å². The molecule has 12 heavy (non-hydrogen) atoms. The number of amides is 1. The lowest BCUT2D eigenvalue weighted by molar-refractivity contribution is -0.118. The van der Waals surface area contributed by atoms with Gasteiger partial charge in [0.2, 0.25) is 0 Å². The largest absolute Gasteiger partial charge is 0.504 e. The Labute approximate surface area is 68.7 Å². The molecule has 0 aliphatic heterocycles. The Bertz CT molecular complexity index is 288. The van der Waals surface area contributed by atoms with Gasteiger partial charge < -0.3 is 15.5 Å². The normalized spacial score (nSPS) is 9.42. The summed E-state index contributed by atoms with van der Waals surface area (Å²) in [5.41, 5.74) is 0. The van der Waals surface area contributed by atoms with Gasteiger partial charge in [0.1, 0.15) is 6.61 Å². The van der Waals surface area contributed by atoms with Gasteiger partial charge in [-0.25, -0.2) is 4.98 Å². The van der Waals surface area contributed by atoms with E-state index in [0.29, 0.717) is 0 Å². The fraction of sp³-hybridized carbons (Fsp3) is 0.143. The van der Waals surface area contributed by atoms with Crippen molar-refractivity contribution < 1.29 is 15.0 Å². The standard InChI is InChI=1S/C7H8N2O3/c10-4-6(12)9-7-5(11)2-1-3-8-7/h1-3,10-11H,4H2,(H,8,9,12). The maximum atomic E-state index is 10.6. The molecule has 0 atom stereocenters. The fourth-order valence-electron chi connectivity index (χ4n) is 0.665. The van der Waals surface area contributed by atoms with Crippen LogP contribution in [0.15, 0.2) is 18.3 Å². The quantitative estimate of drug-likeness (QED) is 0.567. The Hall–Kier alpha value is -1.62. The molecule has 0 aliphatic rings. The molecule has 0 fully saturated rings. The van der Waals surface area contributed by atoms with Gasteiger partial charge in [-0.2, -0.15) is 0 Å². The molecule has 5 heteroatoms. The minimum Gasteiger partial charge on any atom is -0.504 e. The highest BCUT2D eigenvalue weighted by molar-refractivity contribution is 5.91. The summed E-state index contributed by atoms with van der Waals surface area (Å²) in [6.07, 6.45) is 1.42. The van der Waals surface area contributed by atoms with Crippen molar-refractivity contribution in [3.63, 3.8) is 0 Å². The molecule has 5 nitrogen and oxygen atoms in total. The zero-order valence-electron chi connectivity index (χ0n) is 6.19. The number of hydrogen-bond donors (Lipinski definition) is 3. The van der Waals surface area contributed by atoms with Gasteiger partial charge >= 0.3 is 0 Å². The molecule has 64 valence electrons. The van der Waals surface area contributed by atoms with E-state index >= 15 is 0 Å². The number of aromatic hydroxyl groups is 1. The number of nitrogens with one attached hydrogen (secondary N) is 1. The van der Waals surface area contributed by atoms with Crippen molar-refractivity contribution in [1.29, 1.82) is 0 Å². The van der Waals surface area contributed by atoms with Gasteiger partial charge in [-0.3, -0.25) is 4.79 Å². The molecule has 1 aromatic rings. The molecule has 1 rings (SSSR count). The molecular weight excluding hydrogens is 160 g/mol. The molecule has 1 aromatic heterocycles. The van der Waals surface area contributed by atoms with Crippen LogP contribution in [0.1, 0.15) is 0 Å². The zero-order valence-corrected chi connectivity index (χ0v) is 6.19. The average Bonchev–Trinajstić information content (AvgIpc) is 2.09. The summed E-state index contributed by atoms with van der Waals surface area (Å²) >= 11 is 0. The van der Waals surface area contributed by atoms with Crippen molar-refractivity contribution in [2.24, 2.45) is 0 Å². The first-order chi connectivity index (χ1) is 5.74. The van der Waals surface area contributed by atoms with Crippen molar-refractivity contribution in [3.05, 3.63) is 18.3 Å². The Morgan fingerprint density at radius 3 is 3.00 bits per heavy atom. The van der Waals surface area contributed by atoms with E-state index < -0.39 is 12.5 Å². The van der Waals surface area contributed by atoms with E-state index in [-0.39, 0.29) is 11.6 Å². The first-order valence-corrected chi connectivity index (χ1v) is 3.28. The summed E-state index contributed by atoms with van der Waals surface area (Å²) in [6, 6.07) is 2.92. The Kier molecular flexibility index (Phi) is 2.60. The van der Waals surface area contributed by atoms with Crippen molar-refractivity contribution in [1.82, 2.24) is 4.98 Å². The van der Waals surface area contributed by atoms with E-state index in [0.717, 1.165) is 0 Å². The van der Waals surface area contributed by atoms with Crippen LogP contribution in [0.25, 0.3) is 0 Å². The van der Waals surface area contributed by atoms with E-state index in [1.54, 1.807) is 0 Å². The van der Waals surface area contributed by atoms with Crippen LogP contribution in [0.2, 0.25) is 0 Å². The summed E-state index contributed by atoms with van der Waals surface area (Å²) in [7, 11) is 0. The first kappa shape index (κ1) is 8.48. The maximum absolute atomic E-state index is 10.6. The minimum atomic E-state index is -0.629. The van der Waals surface area contributed by atoms with Crippen LogP contribution in [-0.4, -0.2) is 27.7 Å². The SMILES string of the molecule is O=C(CO)Nc1ncccc1O. The lowest BCUT2D eigenvalue weighted by atomic mass is 10.4. The van der Waals surface area contributed by atoms with Gasteiger partial charge in [0.05, 0.1) is 0 Å². The summed E-state index contributed by atoms with van der Waals surface area (Å²) in [4.78, 5) is 14.3. The number of aromatic nitrogens is 1. The van der Waals surface area contributed by atoms with Crippen LogP contribution in [-0.2, 0) is 4.79 Å². The van der Waals surface area contributed by atoms with Gasteiger partial charge in [-0.15, -0.1) is 0 Å². The summed E-state index contributed by atoms with van der Waals surface area (Å²) in [6.45, 7) is -0.629. The second kappa shape index (κ2) is 3.68. The second-order valence-corrected chi connectivity index (χ2v) is 2.08. The van der Waals surface area contributed by atoms with Gasteiger partial charge in [-0.05, 0) is 12.1 Å². The predicted molar refractivity (Wildman–Crippen MR) is 41.6 cm³/mol. The molecule has 0 unspecified atom stereocenters. The number of hydrogen-bond acceptors (Lipinski definition) is 4. The highest BCUT2D eigenvalue weighted by atomic mass is 16.3. The molecule has 1 amide bonds. The monoisotopic (exact) mass is 168 g/mol. The topological polar surface area (TPSA) is 82.5 Å². The highest BCUT2D eigenvalue weighted by Gasteiger charge is 2.04. The summed E-state index contributed by atoms with van der Waals surface area (Å²) in [5, 5.41) is 19.7. The Morgan fingerprint density at radius 2 is 2.42 bits per heavy atom. The molecule has 3 N–H and O–H groups in total. The maximum Gasteiger partial charge on any atom is 0.251 e. The van der Waals surface area contributed by atoms with E-state index in [1.807, 2.05) is 0 Å². The van der Waals surface area contributed by atoms with Crippen LogP contribution >= 0.6 is 0 Å². The fourth-order valence-corrected chi connectivity index (χ4v) is 0.665. The number of aliphatic hydroxyl groups excluding tert-OH is 1. The molecule has 0 saturated carbocycles. The van der Waals surface area contributed by atoms with Gasteiger partial charge in [0.15, 0.2) is 11.6 Å². The number of carbonyl (C=O) groups is 1. The van der Waals surface area contributed by atoms with Crippen molar-refractivity contribution >= 4 is 11.7 Å². The van der Waals surface area contributed by atoms with E-state index in [4.69, 9.17) is 10.2 Å². The molecule has 0 saturated heterocycles. The number of anilines is 1. The van der Waals surface area contributed by atoms with Crippen LogP contribution < -0.4 is 5.32 Å². The predicted octanol–water partition coefficient (Wildman–Crippen LogP) is -0.282. The lowest BCUT2D eigenvalue weighted by Crippen LogP contribution is -2.16. The average molecular weight is 168 g/mol. The molecule has 0 aliphatic carbocycles. The minimum absolute atomic E-state index is 0.0524. The van der Waals surface area contributed by atoms with Gasteiger partial charge in [0.25, 0.3) is 5.91 Å². The Balaban J connectivity index is 2.75. The zero-order chi connectivity index (χ0) is 8.97. The smallest absolute Gasteiger partial charge is 0.251 e. The van der Waals surface area contributed by atoms with Crippen LogP contribution in [0, 0.1) is 0 Å². The van der Waals surface area contributed by atoms with Crippen molar-refractivity contribution in [2.45, 2.75) is 0 Å². The number of aliphatic hydroxyl groups is 1. The van der Waals surface area contributed by atoms with Gasteiger partial charge in [0, 0.05) is 6.20 Å². The number of pyridine rings is 1. The third-order valence-corrected chi connectivity index (χ3v) is 1.19. The molecule has 0 bridgehead atoms. The van der Waals surface area contributed by atoms with Crippen LogP contribution in [0.5, 0.6) is 5.75 Å². The van der Waals surface area contributed by atoms with Gasteiger partial charge in [-0.1, -0.05) is 0 Å². The molecule has 1 heterocycles. The molecule has 0 spiro atoms. The third-order valence-electron chi connectivity index (χ3n) is 1.19. The van der Waals surface area contributed by atoms with Crippen molar-refractivity contribution in [2.75, 3.05) is 11.9 Å². The Morgan fingerprint density at radius 1 is 1.67 bits per heavy atom. The van der Waals surface area contributed by atoms with Crippen LogP contribution in [0.3, 0.4) is 0 Å². The second-order valence-electron chi connectivity index (χ2n) is 2.08. The number of nitrogens with zero attached hydrogens (tertiary/aromatic N) is 1. The van der Waals surface area contributed by atoms with Crippen LogP contribution in [0.4, 0.5) is 5.82 Å². The molecule has 0 radical (unpaired) electrons. The summed E-state index contributed by atoms with van der Waals surface area (Å²) in [5.74, 6) is -0.681. The highest BCUT2D eigenvalue weighted by Crippen LogP contribution is 2.17. The van der Waals surface area contributed by atoms with E-state index in [2.05, 4.69) is 10.3 Å². The van der Waals surface area contributed by atoms with E-state index in [1.165, 1.54) is 18.3 Å². The lowest BCUT2D eigenvalue weighted by Gasteiger charge is -2.02. The number of carbonyl (C=O) groups excluding carboxylic acids is 1.